The van der Waals surface area contributed by atoms with Gasteiger partial charge in [-0.15, -0.1) is 0 Å². The molecule has 1 amide bonds. The van der Waals surface area contributed by atoms with Crippen LogP contribution >= 0.6 is 0 Å². The average molecular weight is 337 g/mol. The molecule has 0 aromatic rings. The molecule has 0 aromatic carbocycles. The van der Waals surface area contributed by atoms with E-state index in [1.807, 2.05) is 18.7 Å². The molecule has 1 aliphatic heterocycles. The SMILES string of the molecule is CCNC(=NCCCC1CCCC1)NC1CCN(C(=O)C(C)C)C1. The molecule has 1 unspecified atom stereocenters. The molecule has 2 fully saturated rings. The maximum absolute atomic E-state index is 12.1. The quantitative estimate of drug-likeness (QED) is 0.427. The summed E-state index contributed by atoms with van der Waals surface area (Å²) < 4.78 is 0. The highest BCUT2D eigenvalue weighted by molar-refractivity contribution is 5.81. The Balaban J connectivity index is 1.73. The Kier molecular flexibility index (Phi) is 7.86. The fourth-order valence-corrected chi connectivity index (χ4v) is 3.83. The predicted octanol–water partition coefficient (Wildman–Crippen LogP) is 2.77. The molecular formula is C19H36N4O. The van der Waals surface area contributed by atoms with Gasteiger partial charge in [-0.3, -0.25) is 9.79 Å². The third kappa shape index (κ3) is 5.99. The zero-order valence-corrected chi connectivity index (χ0v) is 15.8. The second kappa shape index (κ2) is 9.90. The van der Waals surface area contributed by atoms with Gasteiger partial charge in [0.1, 0.15) is 0 Å². The largest absolute Gasteiger partial charge is 0.357 e. The van der Waals surface area contributed by atoms with Gasteiger partial charge in [-0.05, 0) is 32.1 Å². The van der Waals surface area contributed by atoms with Crippen molar-refractivity contribution in [3.05, 3.63) is 0 Å². The molecule has 138 valence electrons. The van der Waals surface area contributed by atoms with Crippen LogP contribution < -0.4 is 10.6 Å². The summed E-state index contributed by atoms with van der Waals surface area (Å²) in [7, 11) is 0. The van der Waals surface area contributed by atoms with Gasteiger partial charge in [-0.1, -0.05) is 39.5 Å². The lowest BCUT2D eigenvalue weighted by atomic mass is 10.0. The van der Waals surface area contributed by atoms with Crippen molar-refractivity contribution >= 4 is 11.9 Å². The van der Waals surface area contributed by atoms with Crippen LogP contribution in [0.3, 0.4) is 0 Å². The molecule has 2 aliphatic rings. The van der Waals surface area contributed by atoms with Crippen molar-refractivity contribution in [2.75, 3.05) is 26.2 Å². The Morgan fingerprint density at radius 3 is 2.67 bits per heavy atom. The number of guanidine groups is 1. The normalized spacial score (nSPS) is 22.4. The van der Waals surface area contributed by atoms with E-state index in [0.29, 0.717) is 6.04 Å². The molecule has 5 nitrogen and oxygen atoms in total. The highest BCUT2D eigenvalue weighted by atomic mass is 16.2. The van der Waals surface area contributed by atoms with Crippen molar-refractivity contribution in [3.63, 3.8) is 0 Å². The van der Waals surface area contributed by atoms with Crippen molar-refractivity contribution in [1.29, 1.82) is 0 Å². The van der Waals surface area contributed by atoms with Gasteiger partial charge in [-0.25, -0.2) is 0 Å². The van der Waals surface area contributed by atoms with E-state index in [9.17, 15) is 4.79 Å². The lowest BCUT2D eigenvalue weighted by Crippen LogP contribution is -2.45. The molecule has 5 heteroatoms. The summed E-state index contributed by atoms with van der Waals surface area (Å²) in [6, 6.07) is 0.320. The van der Waals surface area contributed by atoms with E-state index in [0.717, 1.165) is 44.5 Å². The van der Waals surface area contributed by atoms with Crippen molar-refractivity contribution in [3.8, 4) is 0 Å². The van der Waals surface area contributed by atoms with Crippen LogP contribution in [0.15, 0.2) is 4.99 Å². The highest BCUT2D eigenvalue weighted by Gasteiger charge is 2.27. The summed E-state index contributed by atoms with van der Waals surface area (Å²) in [6.45, 7) is 9.46. The van der Waals surface area contributed by atoms with Gasteiger partial charge in [0.15, 0.2) is 5.96 Å². The Labute approximate surface area is 147 Å². The van der Waals surface area contributed by atoms with E-state index in [1.165, 1.54) is 38.5 Å². The minimum absolute atomic E-state index is 0.0845. The number of hydrogen-bond donors (Lipinski definition) is 2. The zero-order valence-electron chi connectivity index (χ0n) is 15.8. The number of nitrogens with zero attached hydrogens (tertiary/aromatic N) is 2. The van der Waals surface area contributed by atoms with E-state index in [-0.39, 0.29) is 11.8 Å². The van der Waals surface area contributed by atoms with E-state index in [2.05, 4.69) is 17.6 Å². The van der Waals surface area contributed by atoms with Crippen LogP contribution in [0.25, 0.3) is 0 Å². The Bertz CT molecular complexity index is 416. The van der Waals surface area contributed by atoms with E-state index in [1.54, 1.807) is 0 Å². The van der Waals surface area contributed by atoms with Crippen LogP contribution in [0.1, 0.15) is 65.7 Å². The number of amides is 1. The summed E-state index contributed by atoms with van der Waals surface area (Å²) in [6.07, 6.45) is 9.20. The average Bonchev–Trinajstić information content (AvgIpc) is 3.22. The molecule has 2 N–H and O–H groups in total. The molecule has 0 radical (unpaired) electrons. The van der Waals surface area contributed by atoms with Crippen LogP contribution in [0.4, 0.5) is 0 Å². The van der Waals surface area contributed by atoms with Gasteiger partial charge >= 0.3 is 0 Å². The smallest absolute Gasteiger partial charge is 0.225 e. The second-order valence-corrected chi connectivity index (χ2v) is 7.62. The van der Waals surface area contributed by atoms with Crippen LogP contribution in [0.2, 0.25) is 0 Å². The summed E-state index contributed by atoms with van der Waals surface area (Å²) in [5.74, 6) is 2.20. The number of rotatable bonds is 7. The third-order valence-electron chi connectivity index (χ3n) is 5.19. The molecule has 1 saturated heterocycles. The van der Waals surface area contributed by atoms with Crippen LogP contribution in [-0.4, -0.2) is 49.0 Å². The topological polar surface area (TPSA) is 56.7 Å². The summed E-state index contributed by atoms with van der Waals surface area (Å²) in [4.78, 5) is 18.8. The first-order valence-electron chi connectivity index (χ1n) is 9.93. The zero-order chi connectivity index (χ0) is 17.4. The number of likely N-dealkylation sites (tertiary alicyclic amines) is 1. The van der Waals surface area contributed by atoms with Gasteiger partial charge in [-0.2, -0.15) is 0 Å². The number of carbonyl (C=O) groups is 1. The van der Waals surface area contributed by atoms with E-state index in [4.69, 9.17) is 4.99 Å². The van der Waals surface area contributed by atoms with Crippen molar-refractivity contribution in [2.45, 2.75) is 71.8 Å². The standard InChI is InChI=1S/C19H36N4O/c1-4-20-19(21-12-7-10-16-8-5-6-9-16)22-17-11-13-23(14-17)18(24)15(2)3/h15-17H,4-14H2,1-3H3,(H2,20,21,22). The minimum atomic E-state index is 0.0845. The first-order valence-corrected chi connectivity index (χ1v) is 9.93. The summed E-state index contributed by atoms with van der Waals surface area (Å²) >= 11 is 0. The second-order valence-electron chi connectivity index (χ2n) is 7.62. The molecule has 0 spiro atoms. The summed E-state index contributed by atoms with van der Waals surface area (Å²) in [5.41, 5.74) is 0. The maximum Gasteiger partial charge on any atom is 0.225 e. The molecule has 2 rings (SSSR count). The van der Waals surface area contributed by atoms with Gasteiger partial charge in [0.2, 0.25) is 5.91 Å². The van der Waals surface area contributed by atoms with E-state index < -0.39 is 0 Å². The Morgan fingerprint density at radius 2 is 2.00 bits per heavy atom. The maximum atomic E-state index is 12.1. The summed E-state index contributed by atoms with van der Waals surface area (Å²) in [5, 5.41) is 6.85. The Hall–Kier alpha value is -1.26. The molecule has 1 atom stereocenters. The first kappa shape index (κ1) is 19.1. The van der Waals surface area contributed by atoms with Crippen molar-refractivity contribution < 1.29 is 4.79 Å². The monoisotopic (exact) mass is 336 g/mol. The number of carbonyl (C=O) groups excluding carboxylic acids is 1. The highest BCUT2D eigenvalue weighted by Crippen LogP contribution is 2.28. The minimum Gasteiger partial charge on any atom is -0.357 e. The molecule has 24 heavy (non-hydrogen) atoms. The van der Waals surface area contributed by atoms with Crippen molar-refractivity contribution in [2.24, 2.45) is 16.8 Å². The first-order chi connectivity index (χ1) is 11.6. The van der Waals surface area contributed by atoms with Crippen LogP contribution in [0, 0.1) is 11.8 Å². The van der Waals surface area contributed by atoms with Crippen molar-refractivity contribution in [1.82, 2.24) is 15.5 Å². The van der Waals surface area contributed by atoms with Gasteiger partial charge in [0.25, 0.3) is 0 Å². The van der Waals surface area contributed by atoms with Crippen LogP contribution in [-0.2, 0) is 4.79 Å². The molecule has 1 saturated carbocycles. The van der Waals surface area contributed by atoms with Gasteiger partial charge in [0, 0.05) is 38.1 Å². The lowest BCUT2D eigenvalue weighted by molar-refractivity contribution is -0.133. The molecule has 1 heterocycles. The fraction of sp³-hybridized carbons (Fsp3) is 0.895. The number of nitrogens with one attached hydrogen (secondary N) is 2. The molecular weight excluding hydrogens is 300 g/mol. The number of hydrogen-bond acceptors (Lipinski definition) is 2. The van der Waals surface area contributed by atoms with E-state index >= 15 is 0 Å². The molecule has 0 bridgehead atoms. The van der Waals surface area contributed by atoms with Gasteiger partial charge in [0.05, 0.1) is 0 Å². The molecule has 0 aromatic heterocycles. The Morgan fingerprint density at radius 1 is 1.25 bits per heavy atom. The fourth-order valence-electron chi connectivity index (χ4n) is 3.83. The van der Waals surface area contributed by atoms with Crippen LogP contribution in [0.5, 0.6) is 0 Å². The number of aliphatic imine (C=N–C) groups is 1. The predicted molar refractivity (Wildman–Crippen MR) is 100 cm³/mol. The van der Waals surface area contributed by atoms with Gasteiger partial charge < -0.3 is 15.5 Å². The third-order valence-corrected chi connectivity index (χ3v) is 5.19. The molecule has 1 aliphatic carbocycles. The lowest BCUT2D eigenvalue weighted by Gasteiger charge is -2.20.